The molecule has 1 aromatic carbocycles. The summed E-state index contributed by atoms with van der Waals surface area (Å²) in [6.07, 6.45) is 0. The van der Waals surface area contributed by atoms with Crippen molar-refractivity contribution in [2.45, 2.75) is 6.54 Å². The molecule has 0 aromatic heterocycles. The number of nitrogens with one attached hydrogen (secondary N) is 1. The Labute approximate surface area is 123 Å². The number of hydrazine groups is 1. The van der Waals surface area contributed by atoms with E-state index in [0.717, 1.165) is 5.56 Å². The molecule has 0 heterocycles. The number of ether oxygens (including phenoxy) is 2. The Hall–Kier alpha value is -1.74. The van der Waals surface area contributed by atoms with Gasteiger partial charge in [0.1, 0.15) is 5.69 Å². The Morgan fingerprint density at radius 1 is 1.29 bits per heavy atom. The molecule has 0 saturated heterocycles. The van der Waals surface area contributed by atoms with Crippen LogP contribution in [0.4, 0.5) is 11.4 Å². The molecule has 0 aliphatic rings. The zero-order valence-electron chi connectivity index (χ0n) is 12.4. The summed E-state index contributed by atoms with van der Waals surface area (Å²) in [6.45, 7) is 3.07. The van der Waals surface area contributed by atoms with Gasteiger partial charge in [-0.3, -0.25) is 20.9 Å². The Balaban J connectivity index is 2.91. The van der Waals surface area contributed by atoms with Crippen LogP contribution in [0.1, 0.15) is 5.56 Å². The average Bonchev–Trinajstić information content (AvgIpc) is 2.49. The number of hydrogen-bond acceptors (Lipinski definition) is 7. The third-order valence-electron chi connectivity index (χ3n) is 3.09. The van der Waals surface area contributed by atoms with Crippen molar-refractivity contribution in [2.24, 2.45) is 5.84 Å². The van der Waals surface area contributed by atoms with Crippen molar-refractivity contribution in [3.05, 3.63) is 33.9 Å². The highest BCUT2D eigenvalue weighted by Gasteiger charge is 2.18. The smallest absolute Gasteiger partial charge is 0.293 e. The molecule has 0 bridgehead atoms. The first-order valence-electron chi connectivity index (χ1n) is 6.57. The van der Waals surface area contributed by atoms with E-state index in [0.29, 0.717) is 38.5 Å². The number of nitro groups is 1. The van der Waals surface area contributed by atoms with Crippen molar-refractivity contribution in [2.75, 3.05) is 45.9 Å². The van der Waals surface area contributed by atoms with Crippen molar-refractivity contribution in [1.82, 2.24) is 4.90 Å². The van der Waals surface area contributed by atoms with Gasteiger partial charge >= 0.3 is 0 Å². The third kappa shape index (κ3) is 5.27. The minimum Gasteiger partial charge on any atom is -0.383 e. The summed E-state index contributed by atoms with van der Waals surface area (Å²) < 4.78 is 10.2. The van der Waals surface area contributed by atoms with Crippen LogP contribution >= 0.6 is 0 Å². The number of nitrogens with zero attached hydrogens (tertiary/aromatic N) is 2. The van der Waals surface area contributed by atoms with Crippen LogP contribution in [-0.4, -0.2) is 50.3 Å². The minimum atomic E-state index is -0.451. The molecule has 0 aliphatic carbocycles. The van der Waals surface area contributed by atoms with Crippen LogP contribution in [0.2, 0.25) is 0 Å². The van der Waals surface area contributed by atoms with Crippen LogP contribution in [0.25, 0.3) is 0 Å². The van der Waals surface area contributed by atoms with E-state index in [-0.39, 0.29) is 5.69 Å². The van der Waals surface area contributed by atoms with Crippen LogP contribution in [0.15, 0.2) is 18.2 Å². The van der Waals surface area contributed by atoms with Crippen molar-refractivity contribution >= 4 is 11.4 Å². The molecular weight excluding hydrogens is 276 g/mol. The van der Waals surface area contributed by atoms with Crippen molar-refractivity contribution in [1.29, 1.82) is 0 Å². The normalized spacial score (nSPS) is 10.9. The van der Waals surface area contributed by atoms with Gasteiger partial charge in [0.05, 0.1) is 18.1 Å². The van der Waals surface area contributed by atoms with E-state index in [1.54, 1.807) is 20.3 Å². The van der Waals surface area contributed by atoms with E-state index in [1.807, 2.05) is 6.07 Å². The van der Waals surface area contributed by atoms with Gasteiger partial charge in [-0.25, -0.2) is 0 Å². The molecule has 0 atom stereocenters. The summed E-state index contributed by atoms with van der Waals surface area (Å²) in [4.78, 5) is 12.7. The standard InChI is InChI=1S/C13H22N4O4/c1-20-8-6-16(7-9-21-2)10-11-4-3-5-12(17(18)19)13(11)15-14/h3-5,15H,6-10,14H2,1-2H3. The Kier molecular flexibility index (Phi) is 7.62. The average molecular weight is 298 g/mol. The molecule has 0 radical (unpaired) electrons. The molecule has 21 heavy (non-hydrogen) atoms. The van der Waals surface area contributed by atoms with E-state index in [2.05, 4.69) is 10.3 Å². The molecule has 0 amide bonds. The summed E-state index contributed by atoms with van der Waals surface area (Å²) in [5.74, 6) is 5.44. The number of nitrogen functional groups attached to an aromatic ring is 1. The lowest BCUT2D eigenvalue weighted by atomic mass is 10.1. The second kappa shape index (κ2) is 9.24. The lowest BCUT2D eigenvalue weighted by Crippen LogP contribution is -2.30. The van der Waals surface area contributed by atoms with Crippen LogP contribution in [0, 0.1) is 10.1 Å². The summed E-state index contributed by atoms with van der Waals surface area (Å²) in [5, 5.41) is 11.0. The number of anilines is 1. The summed E-state index contributed by atoms with van der Waals surface area (Å²) in [5.41, 5.74) is 3.50. The van der Waals surface area contributed by atoms with Crippen LogP contribution in [0.5, 0.6) is 0 Å². The fourth-order valence-corrected chi connectivity index (χ4v) is 1.99. The van der Waals surface area contributed by atoms with Gasteiger partial charge in [0, 0.05) is 39.9 Å². The van der Waals surface area contributed by atoms with E-state index < -0.39 is 4.92 Å². The van der Waals surface area contributed by atoms with E-state index in [1.165, 1.54) is 6.07 Å². The zero-order valence-corrected chi connectivity index (χ0v) is 12.4. The van der Waals surface area contributed by atoms with Gasteiger partial charge in [0.25, 0.3) is 5.69 Å². The molecule has 118 valence electrons. The molecule has 0 spiro atoms. The molecule has 1 rings (SSSR count). The number of methoxy groups -OCH3 is 2. The SMILES string of the molecule is COCCN(CCOC)Cc1cccc([N+](=O)[O-])c1NN. The van der Waals surface area contributed by atoms with E-state index >= 15 is 0 Å². The monoisotopic (exact) mass is 298 g/mol. The van der Waals surface area contributed by atoms with Crippen LogP contribution in [-0.2, 0) is 16.0 Å². The highest BCUT2D eigenvalue weighted by Crippen LogP contribution is 2.28. The van der Waals surface area contributed by atoms with Crippen molar-refractivity contribution in [3.63, 3.8) is 0 Å². The predicted octanol–water partition coefficient (Wildman–Crippen LogP) is 0.975. The zero-order chi connectivity index (χ0) is 15.7. The molecule has 0 saturated carbocycles. The number of benzene rings is 1. The largest absolute Gasteiger partial charge is 0.383 e. The molecule has 1 aromatic rings. The van der Waals surface area contributed by atoms with Crippen molar-refractivity contribution in [3.8, 4) is 0 Å². The topological polar surface area (TPSA) is 103 Å². The van der Waals surface area contributed by atoms with E-state index in [9.17, 15) is 10.1 Å². The fraction of sp³-hybridized carbons (Fsp3) is 0.538. The quantitative estimate of drug-likeness (QED) is 0.377. The number of nitro benzene ring substituents is 1. The Bertz CT molecular complexity index is 448. The lowest BCUT2D eigenvalue weighted by molar-refractivity contribution is -0.384. The molecule has 0 aliphatic heterocycles. The minimum absolute atomic E-state index is 0.0339. The fourth-order valence-electron chi connectivity index (χ4n) is 1.99. The summed E-state index contributed by atoms with van der Waals surface area (Å²) in [6, 6.07) is 4.89. The molecule has 0 fully saturated rings. The van der Waals surface area contributed by atoms with Crippen molar-refractivity contribution < 1.29 is 14.4 Å². The third-order valence-corrected chi connectivity index (χ3v) is 3.09. The first-order chi connectivity index (χ1) is 10.1. The molecule has 3 N–H and O–H groups in total. The maximum atomic E-state index is 11.0. The molecule has 8 nitrogen and oxygen atoms in total. The second-order valence-corrected chi connectivity index (χ2v) is 4.47. The Morgan fingerprint density at radius 3 is 2.38 bits per heavy atom. The van der Waals surface area contributed by atoms with Gasteiger partial charge in [-0.05, 0) is 5.56 Å². The highest BCUT2D eigenvalue weighted by atomic mass is 16.6. The van der Waals surface area contributed by atoms with Gasteiger partial charge in [-0.15, -0.1) is 0 Å². The van der Waals surface area contributed by atoms with E-state index in [4.69, 9.17) is 15.3 Å². The first kappa shape index (κ1) is 17.3. The highest BCUT2D eigenvalue weighted by molar-refractivity contribution is 5.65. The number of para-hydroxylation sites is 1. The summed E-state index contributed by atoms with van der Waals surface area (Å²) in [7, 11) is 3.27. The molecular formula is C13H22N4O4. The van der Waals surface area contributed by atoms with Gasteiger partial charge < -0.3 is 14.9 Å². The molecule has 0 unspecified atom stereocenters. The van der Waals surface area contributed by atoms with Gasteiger partial charge in [-0.1, -0.05) is 12.1 Å². The van der Waals surface area contributed by atoms with Gasteiger partial charge in [0.2, 0.25) is 0 Å². The molecule has 8 heteroatoms. The van der Waals surface area contributed by atoms with Gasteiger partial charge in [0.15, 0.2) is 0 Å². The lowest BCUT2D eigenvalue weighted by Gasteiger charge is -2.22. The maximum Gasteiger partial charge on any atom is 0.293 e. The number of nitrogens with two attached hydrogens (primary N) is 1. The Morgan fingerprint density at radius 2 is 1.90 bits per heavy atom. The van der Waals surface area contributed by atoms with Crippen LogP contribution < -0.4 is 11.3 Å². The summed E-state index contributed by atoms with van der Waals surface area (Å²) >= 11 is 0. The second-order valence-electron chi connectivity index (χ2n) is 4.47. The number of rotatable bonds is 10. The maximum absolute atomic E-state index is 11.0. The van der Waals surface area contributed by atoms with Crippen LogP contribution in [0.3, 0.4) is 0 Å². The number of hydrogen-bond donors (Lipinski definition) is 2. The van der Waals surface area contributed by atoms with Gasteiger partial charge in [-0.2, -0.15) is 0 Å². The predicted molar refractivity (Wildman–Crippen MR) is 79.9 cm³/mol. The first-order valence-corrected chi connectivity index (χ1v) is 6.57.